The Kier molecular flexibility index (Phi) is 8.54. The van der Waals surface area contributed by atoms with E-state index in [2.05, 4.69) is 27.7 Å². The van der Waals surface area contributed by atoms with Crippen molar-refractivity contribution in [2.45, 2.75) is 58.9 Å². The van der Waals surface area contributed by atoms with Gasteiger partial charge in [-0.25, -0.2) is 0 Å². The van der Waals surface area contributed by atoms with Crippen molar-refractivity contribution in [1.82, 2.24) is 5.32 Å². The van der Waals surface area contributed by atoms with Crippen molar-refractivity contribution in [2.24, 2.45) is 0 Å². The van der Waals surface area contributed by atoms with Gasteiger partial charge in [-0.05, 0) is 81.8 Å². The van der Waals surface area contributed by atoms with Gasteiger partial charge >= 0.3 is 0 Å². The van der Waals surface area contributed by atoms with Crippen molar-refractivity contribution in [3.05, 3.63) is 53.6 Å². The van der Waals surface area contributed by atoms with Crippen molar-refractivity contribution in [2.75, 3.05) is 29.9 Å². The molecule has 1 heterocycles. The lowest BCUT2D eigenvalue weighted by atomic mass is 10.1. The van der Waals surface area contributed by atoms with Gasteiger partial charge < -0.3 is 20.3 Å². The van der Waals surface area contributed by atoms with Crippen LogP contribution in [0.2, 0.25) is 0 Å². The third-order valence-corrected chi connectivity index (χ3v) is 5.76. The molecule has 6 nitrogen and oxygen atoms in total. The summed E-state index contributed by atoms with van der Waals surface area (Å²) in [6, 6.07) is 13.4. The lowest BCUT2D eigenvalue weighted by molar-refractivity contribution is -0.126. The molecule has 32 heavy (non-hydrogen) atoms. The van der Waals surface area contributed by atoms with Crippen LogP contribution in [0, 0.1) is 13.8 Å². The summed E-state index contributed by atoms with van der Waals surface area (Å²) >= 11 is 0. The molecule has 2 aromatic rings. The Morgan fingerprint density at radius 3 is 2.62 bits per heavy atom. The van der Waals surface area contributed by atoms with Gasteiger partial charge in [0.2, 0.25) is 11.8 Å². The summed E-state index contributed by atoms with van der Waals surface area (Å²) in [6.45, 7) is 8.46. The first-order valence-corrected chi connectivity index (χ1v) is 11.6. The van der Waals surface area contributed by atoms with Crippen LogP contribution in [0.4, 0.5) is 11.4 Å². The maximum absolute atomic E-state index is 12.5. The van der Waals surface area contributed by atoms with Crippen LogP contribution in [-0.4, -0.2) is 37.6 Å². The number of nitrogens with one attached hydrogen (secondary N) is 2. The van der Waals surface area contributed by atoms with Gasteiger partial charge in [-0.3, -0.25) is 9.59 Å². The van der Waals surface area contributed by atoms with Gasteiger partial charge in [0.25, 0.3) is 0 Å². The third kappa shape index (κ3) is 7.01. The first kappa shape index (κ1) is 23.6. The number of ether oxygens (including phenoxy) is 1. The number of amides is 2. The Labute approximate surface area is 191 Å². The maximum atomic E-state index is 12.5. The van der Waals surface area contributed by atoms with Crippen LogP contribution in [0.3, 0.4) is 0 Å². The summed E-state index contributed by atoms with van der Waals surface area (Å²) in [4.78, 5) is 27.1. The van der Waals surface area contributed by atoms with E-state index in [0.29, 0.717) is 19.4 Å². The summed E-state index contributed by atoms with van der Waals surface area (Å²) in [5.74, 6) is 0.564. The van der Waals surface area contributed by atoms with Gasteiger partial charge in [-0.1, -0.05) is 18.2 Å². The monoisotopic (exact) mass is 437 g/mol. The van der Waals surface area contributed by atoms with Crippen LogP contribution in [0.1, 0.15) is 50.2 Å². The lowest BCUT2D eigenvalue weighted by Crippen LogP contribution is -2.41. The molecular formula is C26H35N3O3. The minimum absolute atomic E-state index is 0.120. The lowest BCUT2D eigenvalue weighted by Gasteiger charge is -2.19. The van der Waals surface area contributed by atoms with E-state index < -0.39 is 6.04 Å². The number of hydrogen-bond acceptors (Lipinski definition) is 4. The molecule has 1 saturated heterocycles. The van der Waals surface area contributed by atoms with E-state index in [9.17, 15) is 9.59 Å². The van der Waals surface area contributed by atoms with Gasteiger partial charge in [0.05, 0.1) is 6.61 Å². The molecule has 6 heteroatoms. The molecule has 1 fully saturated rings. The Hall–Kier alpha value is -3.02. The highest BCUT2D eigenvalue weighted by molar-refractivity contribution is 5.97. The third-order valence-electron chi connectivity index (χ3n) is 5.76. The molecule has 3 rings (SSSR count). The van der Waals surface area contributed by atoms with Crippen molar-refractivity contribution < 1.29 is 14.3 Å². The van der Waals surface area contributed by atoms with Crippen LogP contribution >= 0.6 is 0 Å². The normalized spacial score (nSPS) is 14.2. The highest BCUT2D eigenvalue weighted by atomic mass is 16.5. The largest absolute Gasteiger partial charge is 0.493 e. The number of carbonyl (C=O) groups is 2. The second kappa shape index (κ2) is 11.6. The molecule has 2 amide bonds. The average molecular weight is 438 g/mol. The molecule has 1 aliphatic heterocycles. The van der Waals surface area contributed by atoms with Crippen molar-refractivity contribution >= 4 is 23.2 Å². The first-order chi connectivity index (χ1) is 15.4. The first-order valence-electron chi connectivity index (χ1n) is 11.6. The number of anilines is 2. The molecular weight excluding hydrogens is 402 g/mol. The molecule has 0 spiro atoms. The number of benzene rings is 2. The Morgan fingerprint density at radius 2 is 1.84 bits per heavy atom. The number of aryl methyl sites for hydroxylation is 2. The van der Waals surface area contributed by atoms with E-state index in [0.717, 1.165) is 42.2 Å². The fraction of sp³-hybridized carbons (Fsp3) is 0.462. The number of hydrogen-bond donors (Lipinski definition) is 2. The van der Waals surface area contributed by atoms with Crippen LogP contribution in [0.15, 0.2) is 42.5 Å². The van der Waals surface area contributed by atoms with Crippen LogP contribution in [0.5, 0.6) is 5.75 Å². The smallest absolute Gasteiger partial charge is 0.246 e. The number of rotatable bonds is 10. The van der Waals surface area contributed by atoms with Gasteiger partial charge in [-0.2, -0.15) is 0 Å². The molecule has 0 saturated carbocycles. The van der Waals surface area contributed by atoms with Gasteiger partial charge in [-0.15, -0.1) is 0 Å². The fourth-order valence-corrected chi connectivity index (χ4v) is 3.82. The van der Waals surface area contributed by atoms with E-state index in [1.54, 1.807) is 6.92 Å². The minimum Gasteiger partial charge on any atom is -0.493 e. The van der Waals surface area contributed by atoms with Crippen molar-refractivity contribution in [1.29, 1.82) is 0 Å². The van der Waals surface area contributed by atoms with Crippen LogP contribution in [0.25, 0.3) is 0 Å². The molecule has 2 N–H and O–H groups in total. The zero-order valence-corrected chi connectivity index (χ0v) is 19.4. The zero-order valence-electron chi connectivity index (χ0n) is 19.4. The van der Waals surface area contributed by atoms with Crippen molar-refractivity contribution in [3.8, 4) is 5.75 Å². The highest BCUT2D eigenvalue weighted by Gasteiger charge is 2.17. The number of nitrogens with zero attached hydrogens (tertiary/aromatic N) is 1. The molecule has 172 valence electrons. The summed E-state index contributed by atoms with van der Waals surface area (Å²) in [6.07, 6.45) is 4.28. The fourth-order valence-electron chi connectivity index (χ4n) is 3.82. The Bertz CT molecular complexity index is 922. The summed E-state index contributed by atoms with van der Waals surface area (Å²) in [5, 5.41) is 5.71. The average Bonchev–Trinajstić information content (AvgIpc) is 3.31. The summed E-state index contributed by atoms with van der Waals surface area (Å²) in [7, 11) is 0. The molecule has 1 atom stereocenters. The molecule has 0 bridgehead atoms. The van der Waals surface area contributed by atoms with Crippen molar-refractivity contribution in [3.63, 3.8) is 0 Å². The number of carbonyl (C=O) groups excluding carboxylic acids is 2. The van der Waals surface area contributed by atoms with Gasteiger partial charge in [0.15, 0.2) is 0 Å². The number of unbranched alkanes of at least 4 members (excludes halogenated alkanes) is 1. The molecule has 1 aliphatic rings. The topological polar surface area (TPSA) is 70.7 Å². The molecule has 0 aromatic heterocycles. The Morgan fingerprint density at radius 1 is 1.06 bits per heavy atom. The second-order valence-electron chi connectivity index (χ2n) is 8.60. The second-order valence-corrected chi connectivity index (χ2v) is 8.60. The van der Waals surface area contributed by atoms with E-state index in [1.807, 2.05) is 44.2 Å². The summed E-state index contributed by atoms with van der Waals surface area (Å²) in [5.41, 5.74) is 4.16. The predicted molar refractivity (Wildman–Crippen MR) is 129 cm³/mol. The standard InChI is InChI=1S/C26H35N3O3/c1-19-12-13-20(2)24(17-19)32-16-7-4-11-25(30)27-21(3)26(31)28-22-9-8-10-23(18-22)29-14-5-6-15-29/h8-10,12-13,17-18,21H,4-7,11,14-16H2,1-3H3,(H,27,30)(H,28,31). The summed E-state index contributed by atoms with van der Waals surface area (Å²) < 4.78 is 5.83. The van der Waals surface area contributed by atoms with E-state index in [-0.39, 0.29) is 11.8 Å². The highest BCUT2D eigenvalue weighted by Crippen LogP contribution is 2.23. The predicted octanol–water partition coefficient (Wildman–Crippen LogP) is 4.60. The molecule has 0 radical (unpaired) electrons. The molecule has 1 unspecified atom stereocenters. The van der Waals surface area contributed by atoms with Gasteiger partial charge in [0.1, 0.15) is 11.8 Å². The SMILES string of the molecule is Cc1ccc(C)c(OCCCCC(=O)NC(C)C(=O)Nc2cccc(N3CCCC3)c2)c1. The van der Waals surface area contributed by atoms with E-state index in [1.165, 1.54) is 18.4 Å². The maximum Gasteiger partial charge on any atom is 0.246 e. The minimum atomic E-state index is -0.593. The van der Waals surface area contributed by atoms with Gasteiger partial charge in [0, 0.05) is 30.9 Å². The molecule has 0 aliphatic carbocycles. The Balaban J connectivity index is 1.36. The van der Waals surface area contributed by atoms with E-state index in [4.69, 9.17) is 4.74 Å². The molecule has 2 aromatic carbocycles. The quantitative estimate of drug-likeness (QED) is 0.533. The zero-order chi connectivity index (χ0) is 22.9. The van der Waals surface area contributed by atoms with Crippen LogP contribution in [-0.2, 0) is 9.59 Å². The van der Waals surface area contributed by atoms with E-state index >= 15 is 0 Å². The van der Waals surface area contributed by atoms with Crippen LogP contribution < -0.4 is 20.3 Å².